The lowest BCUT2D eigenvalue weighted by molar-refractivity contribution is -0.121. The Balaban J connectivity index is 1.85. The molecule has 0 saturated heterocycles. The highest BCUT2D eigenvalue weighted by Crippen LogP contribution is 2.33. The number of carbonyl (C=O) groups excluding carboxylic acids is 3. The molecule has 7 nitrogen and oxygen atoms in total. The van der Waals surface area contributed by atoms with Gasteiger partial charge in [-0.2, -0.15) is 5.10 Å². The van der Waals surface area contributed by atoms with Crippen LogP contribution in [0.1, 0.15) is 33.7 Å². The van der Waals surface area contributed by atoms with E-state index in [1.54, 1.807) is 25.2 Å². The third kappa shape index (κ3) is 4.02. The van der Waals surface area contributed by atoms with E-state index in [9.17, 15) is 14.4 Å². The Morgan fingerprint density at radius 1 is 1.25 bits per heavy atom. The van der Waals surface area contributed by atoms with Gasteiger partial charge in [-0.25, -0.2) is 0 Å². The Morgan fingerprint density at radius 2 is 1.93 bits per heavy atom. The first-order chi connectivity index (χ1) is 13.3. The molecule has 0 saturated carbocycles. The van der Waals surface area contributed by atoms with Crippen LogP contribution in [0.15, 0.2) is 41.0 Å². The number of ketones is 1. The Labute approximate surface area is 175 Å². The van der Waals surface area contributed by atoms with Gasteiger partial charge in [0.1, 0.15) is 5.69 Å². The minimum absolute atomic E-state index is 0.0959. The fraction of sp³-hybridized carbons (Fsp3) is 0.263. The van der Waals surface area contributed by atoms with Gasteiger partial charge in [-0.3, -0.25) is 19.1 Å². The monoisotopic (exact) mass is 464 g/mol. The van der Waals surface area contributed by atoms with Crippen LogP contribution < -0.4 is 11.1 Å². The molecule has 146 valence electrons. The number of allylic oxidation sites excluding steroid dienone is 2. The summed E-state index contributed by atoms with van der Waals surface area (Å²) in [6, 6.07) is 5.04. The predicted molar refractivity (Wildman–Crippen MR) is 109 cm³/mol. The number of aromatic nitrogens is 2. The number of nitrogens with zero attached hydrogens (tertiary/aromatic N) is 2. The van der Waals surface area contributed by atoms with Crippen molar-refractivity contribution in [3.63, 3.8) is 0 Å². The molecular weight excluding hydrogens is 448 g/mol. The van der Waals surface area contributed by atoms with Crippen molar-refractivity contribution >= 4 is 50.8 Å². The molecular formula is C19H18BrClN4O3. The van der Waals surface area contributed by atoms with Gasteiger partial charge < -0.3 is 11.1 Å². The molecule has 0 radical (unpaired) electrons. The number of aryl methyl sites for hydroxylation is 1. The van der Waals surface area contributed by atoms with Crippen LogP contribution in [0.5, 0.6) is 0 Å². The van der Waals surface area contributed by atoms with Gasteiger partial charge in [0.05, 0.1) is 22.8 Å². The molecule has 0 aliphatic heterocycles. The highest BCUT2D eigenvalue weighted by molar-refractivity contribution is 9.10. The van der Waals surface area contributed by atoms with Gasteiger partial charge in [-0.15, -0.1) is 0 Å². The van der Waals surface area contributed by atoms with E-state index in [0.29, 0.717) is 23.4 Å². The predicted octanol–water partition coefficient (Wildman–Crippen LogP) is 3.34. The van der Waals surface area contributed by atoms with Gasteiger partial charge in [0.2, 0.25) is 5.91 Å². The lowest BCUT2D eigenvalue weighted by Crippen LogP contribution is -2.35. The molecule has 1 aliphatic carbocycles. The van der Waals surface area contributed by atoms with Crippen LogP contribution in [-0.4, -0.2) is 27.4 Å². The highest BCUT2D eigenvalue weighted by Gasteiger charge is 2.35. The van der Waals surface area contributed by atoms with E-state index < -0.39 is 17.7 Å². The molecule has 2 atom stereocenters. The van der Waals surface area contributed by atoms with E-state index in [2.05, 4.69) is 26.3 Å². The summed E-state index contributed by atoms with van der Waals surface area (Å²) in [5.41, 5.74) is 6.06. The summed E-state index contributed by atoms with van der Waals surface area (Å²) in [5, 5.41) is 6.98. The molecule has 2 amide bonds. The maximum Gasteiger partial charge on any atom is 0.269 e. The number of primary amides is 1. The smallest absolute Gasteiger partial charge is 0.269 e. The average molecular weight is 466 g/mol. The molecule has 3 rings (SSSR count). The van der Waals surface area contributed by atoms with Crippen LogP contribution in [0.4, 0.5) is 5.69 Å². The van der Waals surface area contributed by atoms with Crippen molar-refractivity contribution in [1.82, 2.24) is 9.78 Å². The molecule has 0 fully saturated rings. The number of halogens is 2. The second-order valence-corrected chi connectivity index (χ2v) is 7.85. The molecule has 0 spiro atoms. The van der Waals surface area contributed by atoms with Crippen LogP contribution in [0, 0.1) is 11.8 Å². The molecule has 1 heterocycles. The molecule has 9 heteroatoms. The molecule has 2 aromatic rings. The third-order valence-electron chi connectivity index (χ3n) is 4.73. The molecule has 1 aromatic heterocycles. The maximum atomic E-state index is 13.1. The summed E-state index contributed by atoms with van der Waals surface area (Å²) < 4.78 is 2.06. The fourth-order valence-electron chi connectivity index (χ4n) is 3.33. The summed E-state index contributed by atoms with van der Waals surface area (Å²) in [6.45, 7) is 0. The second kappa shape index (κ2) is 8.28. The van der Waals surface area contributed by atoms with E-state index in [4.69, 9.17) is 17.3 Å². The highest BCUT2D eigenvalue weighted by atomic mass is 79.9. The van der Waals surface area contributed by atoms with Crippen LogP contribution >= 0.6 is 27.5 Å². The van der Waals surface area contributed by atoms with E-state index in [1.807, 2.05) is 12.2 Å². The first-order valence-electron chi connectivity index (χ1n) is 8.56. The zero-order valence-electron chi connectivity index (χ0n) is 15.0. The Kier molecular flexibility index (Phi) is 6.00. The van der Waals surface area contributed by atoms with Gasteiger partial charge in [-0.1, -0.05) is 39.7 Å². The molecule has 3 N–H and O–H groups in total. The Hall–Kier alpha value is -2.45. The van der Waals surface area contributed by atoms with Crippen molar-refractivity contribution in [2.45, 2.75) is 12.8 Å². The first kappa shape index (κ1) is 20.3. The largest absolute Gasteiger partial charge is 0.364 e. The number of rotatable bonds is 5. The van der Waals surface area contributed by atoms with Crippen LogP contribution in [-0.2, 0) is 11.8 Å². The number of carbonyl (C=O) groups is 3. The van der Waals surface area contributed by atoms with Crippen LogP contribution in [0.3, 0.4) is 0 Å². The van der Waals surface area contributed by atoms with Gasteiger partial charge >= 0.3 is 0 Å². The Morgan fingerprint density at radius 3 is 2.57 bits per heavy atom. The van der Waals surface area contributed by atoms with Crippen molar-refractivity contribution in [2.24, 2.45) is 24.6 Å². The molecule has 1 aromatic carbocycles. The van der Waals surface area contributed by atoms with Gasteiger partial charge in [-0.05, 0) is 31.0 Å². The van der Waals surface area contributed by atoms with E-state index >= 15 is 0 Å². The third-order valence-corrected chi connectivity index (χ3v) is 5.54. The maximum absolute atomic E-state index is 13.1. The lowest BCUT2D eigenvalue weighted by atomic mass is 9.78. The number of nitrogens with two attached hydrogens (primary N) is 1. The molecule has 28 heavy (non-hydrogen) atoms. The summed E-state index contributed by atoms with van der Waals surface area (Å²) in [5.74, 6) is -2.42. The van der Waals surface area contributed by atoms with Crippen molar-refractivity contribution in [2.75, 3.05) is 5.32 Å². The number of nitrogens with one attached hydrogen (secondary N) is 1. The number of hydrogen-bond acceptors (Lipinski definition) is 4. The van der Waals surface area contributed by atoms with Crippen molar-refractivity contribution in [1.29, 1.82) is 0 Å². The Bertz CT molecular complexity index is 986. The number of Topliss-reactive ketones (excluding diaryl/α,β-unsaturated/α-hetero) is 1. The summed E-state index contributed by atoms with van der Waals surface area (Å²) in [4.78, 5) is 37.6. The molecule has 0 bridgehead atoms. The second-order valence-electron chi connectivity index (χ2n) is 6.53. The molecule has 1 aliphatic rings. The topological polar surface area (TPSA) is 107 Å². The summed E-state index contributed by atoms with van der Waals surface area (Å²) in [6.07, 6.45) is 5.95. The van der Waals surface area contributed by atoms with Crippen LogP contribution in [0.25, 0.3) is 0 Å². The van der Waals surface area contributed by atoms with Crippen molar-refractivity contribution in [3.8, 4) is 0 Å². The fourth-order valence-corrected chi connectivity index (χ4v) is 4.10. The van der Waals surface area contributed by atoms with E-state index in [0.717, 1.165) is 4.47 Å². The van der Waals surface area contributed by atoms with Gasteiger partial charge in [0.15, 0.2) is 5.78 Å². The zero-order chi connectivity index (χ0) is 20.4. The first-order valence-corrected chi connectivity index (χ1v) is 9.73. The molecule has 2 unspecified atom stereocenters. The van der Waals surface area contributed by atoms with Gasteiger partial charge in [0, 0.05) is 23.0 Å². The van der Waals surface area contributed by atoms with Gasteiger partial charge in [0.25, 0.3) is 5.91 Å². The SMILES string of the molecule is Cn1ncc(NC(=O)C2CC=CCC2C(=O)c2ccc(Br)cc2Cl)c1C(N)=O. The number of amides is 2. The van der Waals surface area contributed by atoms with Crippen molar-refractivity contribution in [3.05, 3.63) is 57.3 Å². The minimum Gasteiger partial charge on any atom is -0.364 e. The van der Waals surface area contributed by atoms with Crippen molar-refractivity contribution < 1.29 is 14.4 Å². The summed E-state index contributed by atoms with van der Waals surface area (Å²) >= 11 is 9.54. The standard InChI is InChI=1S/C19H18BrClN4O3/c1-25-16(18(22)27)15(9-23-25)24-19(28)12-5-3-2-4-11(12)17(26)13-7-6-10(20)8-14(13)21/h2-3,6-9,11-12H,4-5H2,1H3,(H2,22,27)(H,24,28). The average Bonchev–Trinajstić information content (AvgIpc) is 3.01. The summed E-state index contributed by atoms with van der Waals surface area (Å²) in [7, 11) is 1.56. The number of benzene rings is 1. The minimum atomic E-state index is -0.701. The van der Waals surface area contributed by atoms with E-state index in [-0.39, 0.29) is 23.1 Å². The van der Waals surface area contributed by atoms with Crippen LogP contribution in [0.2, 0.25) is 5.02 Å². The zero-order valence-corrected chi connectivity index (χ0v) is 17.3. The number of hydrogen-bond donors (Lipinski definition) is 2. The van der Waals surface area contributed by atoms with E-state index in [1.165, 1.54) is 10.9 Å². The normalized spacial score (nSPS) is 18.7. The quantitative estimate of drug-likeness (QED) is 0.521. The number of anilines is 1. The lowest BCUT2D eigenvalue weighted by Gasteiger charge is -2.26.